The average Bonchev–Trinajstić information content (AvgIpc) is 2.34. The lowest BCUT2D eigenvalue weighted by Gasteiger charge is -2.17. The van der Waals surface area contributed by atoms with E-state index in [4.69, 9.17) is 4.74 Å². The van der Waals surface area contributed by atoms with Gasteiger partial charge in [0.15, 0.2) is 0 Å². The van der Waals surface area contributed by atoms with Crippen LogP contribution >= 0.6 is 0 Å². The Morgan fingerprint density at radius 3 is 3.12 bits per heavy atom. The second-order valence-electron chi connectivity index (χ2n) is 4.31. The van der Waals surface area contributed by atoms with Crippen LogP contribution in [0.15, 0.2) is 18.2 Å². The van der Waals surface area contributed by atoms with Crippen molar-refractivity contribution in [3.63, 3.8) is 0 Å². The molecular weight excluding hydrogens is 200 g/mol. The highest BCUT2D eigenvalue weighted by molar-refractivity contribution is 5.49. The highest BCUT2D eigenvalue weighted by Crippen LogP contribution is 2.26. The minimum Gasteiger partial charge on any atom is -0.493 e. The standard InChI is InChI=1S/C14H18O2/c15-9-3-1-2-5-12-7-8-14-13(11-12)6-4-10-16-14/h7-9,11H,1-6,10H2. The molecule has 2 rings (SSSR count). The topological polar surface area (TPSA) is 26.3 Å². The molecule has 0 aliphatic carbocycles. The molecule has 1 aromatic carbocycles. The van der Waals surface area contributed by atoms with Crippen LogP contribution in [0.4, 0.5) is 0 Å². The summed E-state index contributed by atoms with van der Waals surface area (Å²) >= 11 is 0. The Morgan fingerprint density at radius 2 is 2.25 bits per heavy atom. The van der Waals surface area contributed by atoms with Crippen LogP contribution in [0.1, 0.15) is 36.8 Å². The van der Waals surface area contributed by atoms with Gasteiger partial charge in [-0.3, -0.25) is 0 Å². The van der Waals surface area contributed by atoms with Crippen molar-refractivity contribution in [3.05, 3.63) is 29.3 Å². The number of carbonyl (C=O) groups excluding carboxylic acids is 1. The molecule has 0 saturated carbocycles. The predicted molar refractivity (Wildman–Crippen MR) is 63.9 cm³/mol. The molecule has 0 bridgehead atoms. The number of ether oxygens (including phenoxy) is 1. The van der Waals surface area contributed by atoms with E-state index in [-0.39, 0.29) is 0 Å². The van der Waals surface area contributed by atoms with Crippen LogP contribution in [0.2, 0.25) is 0 Å². The third kappa shape index (κ3) is 2.84. The Kier molecular flexibility index (Phi) is 3.97. The maximum absolute atomic E-state index is 10.2. The van der Waals surface area contributed by atoms with Crippen molar-refractivity contribution in [2.45, 2.75) is 38.5 Å². The molecule has 0 spiro atoms. The lowest BCUT2D eigenvalue weighted by Crippen LogP contribution is -2.08. The maximum atomic E-state index is 10.2. The third-order valence-corrected chi connectivity index (χ3v) is 3.01. The summed E-state index contributed by atoms with van der Waals surface area (Å²) in [5.74, 6) is 1.06. The molecule has 1 aliphatic rings. The smallest absolute Gasteiger partial charge is 0.122 e. The quantitative estimate of drug-likeness (QED) is 0.561. The van der Waals surface area contributed by atoms with Crippen LogP contribution < -0.4 is 4.74 Å². The number of unbranched alkanes of at least 4 members (excludes halogenated alkanes) is 2. The van der Waals surface area contributed by atoms with Gasteiger partial charge in [0.25, 0.3) is 0 Å². The van der Waals surface area contributed by atoms with Crippen LogP contribution in [0.25, 0.3) is 0 Å². The van der Waals surface area contributed by atoms with Crippen molar-refractivity contribution in [2.24, 2.45) is 0 Å². The fourth-order valence-corrected chi connectivity index (χ4v) is 2.13. The number of aryl methyl sites for hydroxylation is 2. The third-order valence-electron chi connectivity index (χ3n) is 3.01. The van der Waals surface area contributed by atoms with E-state index in [0.29, 0.717) is 6.42 Å². The van der Waals surface area contributed by atoms with E-state index < -0.39 is 0 Å². The SMILES string of the molecule is O=CCCCCc1ccc2c(c1)CCCO2. The van der Waals surface area contributed by atoms with E-state index >= 15 is 0 Å². The van der Waals surface area contributed by atoms with Gasteiger partial charge in [-0.05, 0) is 49.3 Å². The van der Waals surface area contributed by atoms with Crippen LogP contribution in [-0.4, -0.2) is 12.9 Å². The Morgan fingerprint density at radius 1 is 1.31 bits per heavy atom. The second-order valence-corrected chi connectivity index (χ2v) is 4.31. The number of hydrogen-bond acceptors (Lipinski definition) is 2. The van der Waals surface area contributed by atoms with Gasteiger partial charge in [0.2, 0.25) is 0 Å². The molecule has 0 atom stereocenters. The maximum Gasteiger partial charge on any atom is 0.122 e. The molecule has 0 amide bonds. The minimum absolute atomic E-state index is 0.689. The van der Waals surface area contributed by atoms with Crippen LogP contribution in [0.5, 0.6) is 5.75 Å². The average molecular weight is 218 g/mol. The van der Waals surface area contributed by atoms with Gasteiger partial charge in [0.05, 0.1) is 6.61 Å². The molecule has 1 aliphatic heterocycles. The summed E-state index contributed by atoms with van der Waals surface area (Å²) in [7, 11) is 0. The Labute approximate surface area is 96.6 Å². The summed E-state index contributed by atoms with van der Waals surface area (Å²) in [4.78, 5) is 10.2. The van der Waals surface area contributed by atoms with Crippen LogP contribution in [-0.2, 0) is 17.6 Å². The number of carbonyl (C=O) groups is 1. The molecule has 0 N–H and O–H groups in total. The highest BCUT2D eigenvalue weighted by Gasteiger charge is 2.09. The fraction of sp³-hybridized carbons (Fsp3) is 0.500. The van der Waals surface area contributed by atoms with Gasteiger partial charge >= 0.3 is 0 Å². The Bertz CT molecular complexity index is 358. The molecule has 0 fully saturated rings. The molecule has 16 heavy (non-hydrogen) atoms. The van der Waals surface area contributed by atoms with Gasteiger partial charge in [0.1, 0.15) is 12.0 Å². The largest absolute Gasteiger partial charge is 0.493 e. The molecule has 2 heteroatoms. The zero-order chi connectivity index (χ0) is 11.2. The van der Waals surface area contributed by atoms with Gasteiger partial charge in [-0.2, -0.15) is 0 Å². The van der Waals surface area contributed by atoms with Crippen molar-refractivity contribution in [1.29, 1.82) is 0 Å². The fourth-order valence-electron chi connectivity index (χ4n) is 2.13. The van der Waals surface area contributed by atoms with Crippen LogP contribution in [0.3, 0.4) is 0 Å². The monoisotopic (exact) mass is 218 g/mol. The molecular formula is C14H18O2. The van der Waals surface area contributed by atoms with E-state index in [0.717, 1.165) is 50.7 Å². The molecule has 0 radical (unpaired) electrons. The van der Waals surface area contributed by atoms with Gasteiger partial charge in [0, 0.05) is 6.42 Å². The summed E-state index contributed by atoms with van der Waals surface area (Å²) in [5.41, 5.74) is 2.72. The number of rotatable bonds is 5. The van der Waals surface area contributed by atoms with Gasteiger partial charge in [-0.15, -0.1) is 0 Å². The Balaban J connectivity index is 1.92. The van der Waals surface area contributed by atoms with E-state index in [1.165, 1.54) is 11.1 Å². The second kappa shape index (κ2) is 5.69. The molecule has 1 aromatic rings. The number of fused-ring (bicyclic) bond motifs is 1. The number of aldehydes is 1. The normalized spacial score (nSPS) is 14.0. The van der Waals surface area contributed by atoms with Crippen LogP contribution in [0, 0.1) is 0 Å². The summed E-state index contributed by atoms with van der Waals surface area (Å²) in [6.07, 6.45) is 7.12. The van der Waals surface area contributed by atoms with Gasteiger partial charge in [-0.1, -0.05) is 12.1 Å². The van der Waals surface area contributed by atoms with Crippen molar-refractivity contribution in [2.75, 3.05) is 6.61 Å². The summed E-state index contributed by atoms with van der Waals surface area (Å²) in [6.45, 7) is 0.853. The first-order valence-electron chi connectivity index (χ1n) is 6.08. The molecule has 1 heterocycles. The van der Waals surface area contributed by atoms with Gasteiger partial charge in [-0.25, -0.2) is 0 Å². The van der Waals surface area contributed by atoms with Gasteiger partial charge < -0.3 is 9.53 Å². The number of benzene rings is 1. The lowest BCUT2D eigenvalue weighted by molar-refractivity contribution is -0.107. The molecule has 2 nitrogen and oxygen atoms in total. The molecule has 86 valence electrons. The highest BCUT2D eigenvalue weighted by atomic mass is 16.5. The van der Waals surface area contributed by atoms with E-state index in [2.05, 4.69) is 18.2 Å². The molecule has 0 aromatic heterocycles. The zero-order valence-corrected chi connectivity index (χ0v) is 9.58. The van der Waals surface area contributed by atoms with Crippen molar-refractivity contribution in [1.82, 2.24) is 0 Å². The first-order chi connectivity index (χ1) is 7.90. The van der Waals surface area contributed by atoms with E-state index in [1.54, 1.807) is 0 Å². The Hall–Kier alpha value is -1.31. The van der Waals surface area contributed by atoms with E-state index in [9.17, 15) is 4.79 Å². The van der Waals surface area contributed by atoms with E-state index in [1.807, 2.05) is 0 Å². The van der Waals surface area contributed by atoms with Crippen molar-refractivity contribution >= 4 is 6.29 Å². The first-order valence-corrected chi connectivity index (χ1v) is 6.08. The molecule has 0 saturated heterocycles. The lowest BCUT2D eigenvalue weighted by atomic mass is 10.00. The van der Waals surface area contributed by atoms with Crippen molar-refractivity contribution < 1.29 is 9.53 Å². The zero-order valence-electron chi connectivity index (χ0n) is 9.58. The first kappa shape index (κ1) is 11.2. The summed E-state index contributed by atoms with van der Waals surface area (Å²) in [6, 6.07) is 6.49. The molecule has 0 unspecified atom stereocenters. The predicted octanol–water partition coefficient (Wildman–Crippen LogP) is 2.92. The minimum atomic E-state index is 0.689. The summed E-state index contributed by atoms with van der Waals surface area (Å²) < 4.78 is 5.58. The summed E-state index contributed by atoms with van der Waals surface area (Å²) in [5, 5.41) is 0. The van der Waals surface area contributed by atoms with Crippen molar-refractivity contribution in [3.8, 4) is 5.75 Å². The number of hydrogen-bond donors (Lipinski definition) is 0.